The van der Waals surface area contributed by atoms with Crippen molar-refractivity contribution in [1.82, 2.24) is 9.78 Å². The van der Waals surface area contributed by atoms with Gasteiger partial charge in [-0.3, -0.25) is 0 Å². The summed E-state index contributed by atoms with van der Waals surface area (Å²) in [6, 6.07) is 15.1. The molecular formula is C14H10N4S. The molecule has 2 heterocycles. The van der Waals surface area contributed by atoms with E-state index in [0.29, 0.717) is 11.4 Å². The largest absolute Gasteiger partial charge is 0.384 e. The van der Waals surface area contributed by atoms with Crippen LogP contribution in [0, 0.1) is 11.3 Å². The van der Waals surface area contributed by atoms with Gasteiger partial charge in [0, 0.05) is 6.07 Å². The van der Waals surface area contributed by atoms with Crippen molar-refractivity contribution in [2.45, 2.75) is 0 Å². The lowest BCUT2D eigenvalue weighted by molar-refractivity contribution is 0.896. The summed E-state index contributed by atoms with van der Waals surface area (Å²) in [5.41, 5.74) is 8.31. The van der Waals surface area contributed by atoms with Crippen LogP contribution in [0.15, 0.2) is 47.8 Å². The first-order chi connectivity index (χ1) is 9.28. The molecule has 0 aliphatic rings. The minimum absolute atomic E-state index is 0.577. The van der Waals surface area contributed by atoms with E-state index in [-0.39, 0.29) is 0 Å². The molecule has 2 aromatic heterocycles. The molecule has 0 amide bonds. The summed E-state index contributed by atoms with van der Waals surface area (Å²) in [7, 11) is 0. The van der Waals surface area contributed by atoms with Crippen molar-refractivity contribution < 1.29 is 0 Å². The molecule has 3 aromatic rings. The number of nitrogens with two attached hydrogens (primary N) is 1. The first-order valence-corrected chi connectivity index (χ1v) is 6.56. The number of anilines is 1. The molecule has 0 unspecified atom stereocenters. The first-order valence-electron chi connectivity index (χ1n) is 5.68. The minimum Gasteiger partial charge on any atom is -0.384 e. The summed E-state index contributed by atoms with van der Waals surface area (Å²) in [6.07, 6.45) is 0. The summed E-state index contributed by atoms with van der Waals surface area (Å²) in [5, 5.41) is 15.3. The highest BCUT2D eigenvalue weighted by Gasteiger charge is 2.09. The molecule has 1 aromatic carbocycles. The van der Waals surface area contributed by atoms with E-state index in [1.165, 1.54) is 0 Å². The monoisotopic (exact) mass is 266 g/mol. The SMILES string of the molecule is N#Cc1ccc(-n2nc(-c3cccs3)cc2N)cc1. The molecule has 0 spiro atoms. The second kappa shape index (κ2) is 4.59. The predicted octanol–water partition coefficient (Wildman–Crippen LogP) is 3.05. The maximum Gasteiger partial charge on any atom is 0.127 e. The van der Waals surface area contributed by atoms with E-state index < -0.39 is 0 Å². The van der Waals surface area contributed by atoms with Crippen LogP contribution in [0.1, 0.15) is 5.56 Å². The van der Waals surface area contributed by atoms with Gasteiger partial charge in [0.1, 0.15) is 11.5 Å². The van der Waals surface area contributed by atoms with Crippen molar-refractivity contribution in [2.75, 3.05) is 5.73 Å². The first kappa shape index (κ1) is 11.5. The van der Waals surface area contributed by atoms with Gasteiger partial charge in [-0.2, -0.15) is 10.4 Å². The van der Waals surface area contributed by atoms with Gasteiger partial charge in [-0.05, 0) is 35.7 Å². The number of benzene rings is 1. The Morgan fingerprint density at radius 1 is 1.21 bits per heavy atom. The number of nitriles is 1. The standard InChI is InChI=1S/C14H10N4S/c15-9-10-3-5-11(6-4-10)18-14(16)8-12(17-18)13-2-1-7-19-13/h1-8H,16H2. The topological polar surface area (TPSA) is 67.6 Å². The molecule has 5 heteroatoms. The van der Waals surface area contributed by atoms with Gasteiger partial charge in [0.05, 0.1) is 22.2 Å². The number of hydrogen-bond acceptors (Lipinski definition) is 4. The third-order valence-corrected chi connectivity index (χ3v) is 3.64. The fourth-order valence-corrected chi connectivity index (χ4v) is 2.51. The molecule has 3 rings (SSSR count). The number of nitrogens with zero attached hydrogens (tertiary/aromatic N) is 3. The number of aromatic nitrogens is 2. The summed E-state index contributed by atoms with van der Waals surface area (Å²) in [6.45, 7) is 0. The van der Waals surface area contributed by atoms with Crippen LogP contribution in [0.4, 0.5) is 5.82 Å². The normalized spacial score (nSPS) is 10.3. The van der Waals surface area contributed by atoms with Gasteiger partial charge < -0.3 is 5.73 Å². The van der Waals surface area contributed by atoms with Gasteiger partial charge in [-0.15, -0.1) is 11.3 Å². The van der Waals surface area contributed by atoms with Crippen LogP contribution in [0.25, 0.3) is 16.3 Å². The lowest BCUT2D eigenvalue weighted by Gasteiger charge is -2.03. The molecule has 0 bridgehead atoms. The Hall–Kier alpha value is -2.58. The molecular weight excluding hydrogens is 256 g/mol. The summed E-state index contributed by atoms with van der Waals surface area (Å²) in [5.74, 6) is 0.577. The summed E-state index contributed by atoms with van der Waals surface area (Å²) in [4.78, 5) is 1.08. The molecule has 0 saturated carbocycles. The highest BCUT2D eigenvalue weighted by molar-refractivity contribution is 7.13. The fraction of sp³-hybridized carbons (Fsp3) is 0. The van der Waals surface area contributed by atoms with Gasteiger partial charge >= 0.3 is 0 Å². The Morgan fingerprint density at radius 2 is 2.00 bits per heavy atom. The Morgan fingerprint density at radius 3 is 2.63 bits per heavy atom. The van der Waals surface area contributed by atoms with Crippen molar-refractivity contribution in [2.24, 2.45) is 0 Å². The maximum atomic E-state index is 8.79. The zero-order valence-electron chi connectivity index (χ0n) is 9.95. The number of thiophene rings is 1. The average molecular weight is 266 g/mol. The van der Waals surface area contributed by atoms with Crippen LogP contribution in [-0.2, 0) is 0 Å². The number of nitrogen functional groups attached to an aromatic ring is 1. The fourth-order valence-electron chi connectivity index (χ4n) is 1.82. The Labute approximate surface area is 114 Å². The molecule has 0 radical (unpaired) electrons. The van der Waals surface area contributed by atoms with Gasteiger partial charge in [-0.25, -0.2) is 4.68 Å². The molecule has 4 nitrogen and oxygen atoms in total. The predicted molar refractivity (Wildman–Crippen MR) is 76.0 cm³/mol. The molecule has 19 heavy (non-hydrogen) atoms. The van der Waals surface area contributed by atoms with Crippen molar-refractivity contribution >= 4 is 17.2 Å². The van der Waals surface area contributed by atoms with Crippen LogP contribution in [-0.4, -0.2) is 9.78 Å². The third kappa shape index (κ3) is 2.09. The highest BCUT2D eigenvalue weighted by Crippen LogP contribution is 2.26. The van der Waals surface area contributed by atoms with E-state index in [0.717, 1.165) is 16.3 Å². The lowest BCUT2D eigenvalue weighted by Crippen LogP contribution is -2.01. The number of rotatable bonds is 2. The van der Waals surface area contributed by atoms with Crippen molar-refractivity contribution in [1.29, 1.82) is 5.26 Å². The molecule has 0 atom stereocenters. The van der Waals surface area contributed by atoms with Crippen LogP contribution >= 0.6 is 11.3 Å². The smallest absolute Gasteiger partial charge is 0.127 e. The van der Waals surface area contributed by atoms with E-state index in [1.54, 1.807) is 28.2 Å². The van der Waals surface area contributed by atoms with E-state index in [9.17, 15) is 0 Å². The second-order valence-corrected chi connectivity index (χ2v) is 4.95. The third-order valence-electron chi connectivity index (χ3n) is 2.75. The van der Waals surface area contributed by atoms with Crippen molar-refractivity contribution in [3.8, 4) is 22.3 Å². The number of hydrogen-bond donors (Lipinski definition) is 1. The Balaban J connectivity index is 2.03. The van der Waals surface area contributed by atoms with Gasteiger partial charge in [-0.1, -0.05) is 6.07 Å². The van der Waals surface area contributed by atoms with Gasteiger partial charge in [0.25, 0.3) is 0 Å². The van der Waals surface area contributed by atoms with Crippen LogP contribution in [0.3, 0.4) is 0 Å². The van der Waals surface area contributed by atoms with E-state index in [1.807, 2.05) is 35.7 Å². The summed E-state index contributed by atoms with van der Waals surface area (Å²) >= 11 is 1.62. The Bertz CT molecular complexity index is 733. The zero-order chi connectivity index (χ0) is 13.2. The van der Waals surface area contributed by atoms with Crippen LogP contribution in [0.5, 0.6) is 0 Å². The molecule has 92 valence electrons. The molecule has 0 fully saturated rings. The summed E-state index contributed by atoms with van der Waals surface area (Å²) < 4.78 is 1.68. The average Bonchev–Trinajstić information content (AvgIpc) is 3.08. The molecule has 2 N–H and O–H groups in total. The van der Waals surface area contributed by atoms with Crippen molar-refractivity contribution in [3.63, 3.8) is 0 Å². The minimum atomic E-state index is 0.577. The second-order valence-electron chi connectivity index (χ2n) is 4.00. The van der Waals surface area contributed by atoms with E-state index >= 15 is 0 Å². The van der Waals surface area contributed by atoms with Crippen molar-refractivity contribution in [3.05, 3.63) is 53.4 Å². The maximum absolute atomic E-state index is 8.79. The van der Waals surface area contributed by atoms with Gasteiger partial charge in [0.2, 0.25) is 0 Å². The quantitative estimate of drug-likeness (QED) is 0.775. The lowest BCUT2D eigenvalue weighted by atomic mass is 10.2. The van der Waals surface area contributed by atoms with Crippen LogP contribution in [0.2, 0.25) is 0 Å². The Kier molecular flexibility index (Phi) is 2.78. The van der Waals surface area contributed by atoms with Gasteiger partial charge in [0.15, 0.2) is 0 Å². The van der Waals surface area contributed by atoms with Crippen LogP contribution < -0.4 is 5.73 Å². The molecule has 0 saturated heterocycles. The zero-order valence-corrected chi connectivity index (χ0v) is 10.8. The van der Waals surface area contributed by atoms with E-state index in [2.05, 4.69) is 11.2 Å². The molecule has 0 aliphatic carbocycles. The molecule has 0 aliphatic heterocycles. The van der Waals surface area contributed by atoms with E-state index in [4.69, 9.17) is 11.0 Å². The highest BCUT2D eigenvalue weighted by atomic mass is 32.1.